The highest BCUT2D eigenvalue weighted by Crippen LogP contribution is 2.35. The van der Waals surface area contributed by atoms with E-state index >= 15 is 0 Å². The Bertz CT molecular complexity index is 776. The molecule has 0 spiro atoms. The summed E-state index contributed by atoms with van der Waals surface area (Å²) in [6.45, 7) is 7.58. The second-order valence-electron chi connectivity index (χ2n) is 7.26. The summed E-state index contributed by atoms with van der Waals surface area (Å²) in [5.41, 5.74) is 6.21. The van der Waals surface area contributed by atoms with Crippen molar-refractivity contribution in [3.8, 4) is 0 Å². The van der Waals surface area contributed by atoms with Crippen LogP contribution in [0, 0.1) is 0 Å². The van der Waals surface area contributed by atoms with E-state index in [4.69, 9.17) is 5.73 Å². The van der Waals surface area contributed by atoms with E-state index in [1.807, 2.05) is 51.3 Å². The van der Waals surface area contributed by atoms with Crippen LogP contribution in [-0.4, -0.2) is 15.2 Å². The number of anilines is 2. The molecule has 1 aromatic carbocycles. The number of amides is 1. The lowest BCUT2D eigenvalue weighted by atomic mass is 9.96. The van der Waals surface area contributed by atoms with Gasteiger partial charge in [0.1, 0.15) is 10.3 Å². The third-order valence-corrected chi connectivity index (χ3v) is 7.44. The van der Waals surface area contributed by atoms with E-state index in [1.54, 1.807) is 12.1 Å². The number of hydrogen-bond acceptors (Lipinski definition) is 5. The number of benzene rings is 1. The van der Waals surface area contributed by atoms with Crippen molar-refractivity contribution >= 4 is 55.9 Å². The lowest BCUT2D eigenvalue weighted by Crippen LogP contribution is -2.51. The minimum atomic E-state index is -1.33. The third-order valence-electron chi connectivity index (χ3n) is 3.73. The average molecular weight is 458 g/mol. The van der Waals surface area contributed by atoms with Gasteiger partial charge in [-0.3, -0.25) is 4.79 Å². The Morgan fingerprint density at radius 3 is 2.50 bits per heavy atom. The van der Waals surface area contributed by atoms with Gasteiger partial charge in [0.2, 0.25) is 5.91 Å². The Hall–Kier alpha value is -1.06. The molecule has 5 nitrogen and oxygen atoms in total. The van der Waals surface area contributed by atoms with Crippen molar-refractivity contribution in [3.05, 3.63) is 45.1 Å². The van der Waals surface area contributed by atoms with Gasteiger partial charge in [0.25, 0.3) is 0 Å². The zero-order valence-corrected chi connectivity index (χ0v) is 18.5. The monoisotopic (exact) mass is 457 g/mol. The summed E-state index contributed by atoms with van der Waals surface area (Å²) in [5.74, 6) is -0.201. The standard InChI is InChI=1S/C18H24BrN3O2S2/c1-17(2,3)26(24)22-18(4,15-9-12(19)11-25-15)10-16(23)21-14-8-6-5-7-13(14)20/h5-9,11,22H,10,20H2,1-4H3,(H,21,23)/t18-,26?/m0/s1. The van der Waals surface area contributed by atoms with Crippen LogP contribution in [0.5, 0.6) is 0 Å². The number of carbonyl (C=O) groups excluding carboxylic acids is 1. The number of rotatable bonds is 6. The zero-order chi connectivity index (χ0) is 19.5. The first-order valence-corrected chi connectivity index (χ1v) is 10.9. The van der Waals surface area contributed by atoms with Crippen LogP contribution in [0.2, 0.25) is 0 Å². The number of thiophene rings is 1. The molecule has 1 amide bonds. The first kappa shape index (κ1) is 21.2. The van der Waals surface area contributed by atoms with Crippen LogP contribution in [0.4, 0.5) is 11.4 Å². The summed E-state index contributed by atoms with van der Waals surface area (Å²) < 4.78 is 16.3. The Morgan fingerprint density at radius 1 is 1.31 bits per heavy atom. The van der Waals surface area contributed by atoms with E-state index in [2.05, 4.69) is 26.0 Å². The molecule has 0 saturated heterocycles. The normalized spacial score (nSPS) is 15.3. The van der Waals surface area contributed by atoms with Gasteiger partial charge in [-0.2, -0.15) is 0 Å². The van der Waals surface area contributed by atoms with E-state index in [9.17, 15) is 9.35 Å². The van der Waals surface area contributed by atoms with E-state index in [1.165, 1.54) is 11.3 Å². The Balaban J connectivity index is 2.23. The first-order chi connectivity index (χ1) is 12.0. The van der Waals surface area contributed by atoms with E-state index in [0.717, 1.165) is 9.35 Å². The Morgan fingerprint density at radius 2 is 1.96 bits per heavy atom. The van der Waals surface area contributed by atoms with Gasteiger partial charge in [-0.15, -0.1) is 16.1 Å². The highest BCUT2D eigenvalue weighted by Gasteiger charge is 2.39. The molecular formula is C18H24BrN3O2S2. The number of halogens is 1. The van der Waals surface area contributed by atoms with Gasteiger partial charge >= 0.3 is 0 Å². The van der Waals surface area contributed by atoms with Crippen LogP contribution in [-0.2, 0) is 21.7 Å². The van der Waals surface area contributed by atoms with Crippen molar-refractivity contribution in [1.82, 2.24) is 4.72 Å². The van der Waals surface area contributed by atoms with Gasteiger partial charge in [0.05, 0.1) is 17.8 Å². The van der Waals surface area contributed by atoms with Crippen molar-refractivity contribution in [1.29, 1.82) is 0 Å². The molecular weight excluding hydrogens is 434 g/mol. The maximum atomic E-state index is 12.7. The van der Waals surface area contributed by atoms with E-state index in [0.29, 0.717) is 11.4 Å². The highest BCUT2D eigenvalue weighted by atomic mass is 79.9. The quantitative estimate of drug-likeness (QED) is 0.443. The van der Waals surface area contributed by atoms with Gasteiger partial charge < -0.3 is 15.6 Å². The maximum Gasteiger partial charge on any atom is 0.226 e. The molecule has 26 heavy (non-hydrogen) atoms. The number of para-hydroxylation sites is 2. The molecule has 1 heterocycles. The summed E-state index contributed by atoms with van der Waals surface area (Å²) in [6, 6.07) is 9.06. The molecule has 0 bridgehead atoms. The molecule has 1 aromatic heterocycles. The van der Waals surface area contributed by atoms with Gasteiger partial charge in [-0.05, 0) is 61.8 Å². The van der Waals surface area contributed by atoms with Crippen molar-refractivity contribution in [2.75, 3.05) is 11.1 Å². The smallest absolute Gasteiger partial charge is 0.226 e. The lowest BCUT2D eigenvalue weighted by molar-refractivity contribution is -0.117. The van der Waals surface area contributed by atoms with Crippen LogP contribution in [0.1, 0.15) is 39.0 Å². The van der Waals surface area contributed by atoms with Gasteiger partial charge in [0, 0.05) is 26.1 Å². The largest absolute Gasteiger partial charge is 0.598 e. The summed E-state index contributed by atoms with van der Waals surface area (Å²) in [6.07, 6.45) is 0.121. The van der Waals surface area contributed by atoms with Crippen LogP contribution in [0.15, 0.2) is 40.2 Å². The molecule has 2 rings (SSSR count). The number of hydrogen-bond donors (Lipinski definition) is 3. The number of carbonyl (C=O) groups is 1. The SMILES string of the molecule is CC(C)(C)[S+]([O-])N[C@@](C)(CC(=O)Nc1ccccc1N)c1cc(Br)cs1. The Kier molecular flexibility index (Phi) is 6.79. The number of nitrogens with one attached hydrogen (secondary N) is 2. The van der Waals surface area contributed by atoms with Crippen molar-refractivity contribution in [3.63, 3.8) is 0 Å². The lowest BCUT2D eigenvalue weighted by Gasteiger charge is -2.34. The van der Waals surface area contributed by atoms with E-state index < -0.39 is 21.6 Å². The molecule has 4 N–H and O–H groups in total. The molecule has 2 aromatic rings. The molecule has 0 radical (unpaired) electrons. The molecule has 0 aliphatic heterocycles. The minimum Gasteiger partial charge on any atom is -0.598 e. The predicted molar refractivity (Wildman–Crippen MR) is 115 cm³/mol. The second kappa shape index (κ2) is 8.31. The molecule has 0 aliphatic carbocycles. The van der Waals surface area contributed by atoms with Crippen LogP contribution in [0.3, 0.4) is 0 Å². The molecule has 142 valence electrons. The molecule has 8 heteroatoms. The summed E-state index contributed by atoms with van der Waals surface area (Å²) >= 11 is 3.63. The molecule has 0 aliphatic rings. The zero-order valence-electron chi connectivity index (χ0n) is 15.3. The van der Waals surface area contributed by atoms with Crippen LogP contribution in [0.25, 0.3) is 0 Å². The molecule has 2 atom stereocenters. The average Bonchev–Trinajstić information content (AvgIpc) is 2.96. The topological polar surface area (TPSA) is 90.2 Å². The maximum absolute atomic E-state index is 12.7. The summed E-state index contributed by atoms with van der Waals surface area (Å²) in [5, 5.41) is 4.79. The summed E-state index contributed by atoms with van der Waals surface area (Å²) in [4.78, 5) is 13.6. The van der Waals surface area contributed by atoms with Gasteiger partial charge in [-0.25, -0.2) is 0 Å². The highest BCUT2D eigenvalue weighted by molar-refractivity contribution is 9.10. The van der Waals surface area contributed by atoms with E-state index in [-0.39, 0.29) is 12.3 Å². The van der Waals surface area contributed by atoms with Gasteiger partial charge in [0.15, 0.2) is 0 Å². The predicted octanol–water partition coefficient (Wildman–Crippen LogP) is 4.39. The van der Waals surface area contributed by atoms with Crippen LogP contribution < -0.4 is 15.8 Å². The molecule has 1 unspecified atom stereocenters. The fourth-order valence-electron chi connectivity index (χ4n) is 2.26. The van der Waals surface area contributed by atoms with Crippen molar-refractivity contribution in [2.45, 2.75) is 44.4 Å². The van der Waals surface area contributed by atoms with Crippen molar-refractivity contribution in [2.24, 2.45) is 0 Å². The fourth-order valence-corrected chi connectivity index (χ4v) is 4.77. The fraction of sp³-hybridized carbons (Fsp3) is 0.389. The Labute approximate surface area is 170 Å². The second-order valence-corrected chi connectivity index (χ2v) is 11.0. The minimum absolute atomic E-state index is 0.121. The first-order valence-electron chi connectivity index (χ1n) is 8.10. The number of nitrogens with two attached hydrogens (primary N) is 1. The third kappa shape index (κ3) is 5.47. The molecule has 0 fully saturated rings. The molecule has 0 saturated carbocycles. The number of nitrogen functional groups attached to an aromatic ring is 1. The summed E-state index contributed by atoms with van der Waals surface area (Å²) in [7, 11) is 0. The van der Waals surface area contributed by atoms with Crippen LogP contribution >= 0.6 is 27.3 Å². The van der Waals surface area contributed by atoms with Gasteiger partial charge in [-0.1, -0.05) is 12.1 Å². The van der Waals surface area contributed by atoms with Crippen molar-refractivity contribution < 1.29 is 9.35 Å².